The van der Waals surface area contributed by atoms with Gasteiger partial charge in [0, 0.05) is 31.2 Å². The van der Waals surface area contributed by atoms with Crippen LogP contribution in [0.25, 0.3) is 0 Å². The van der Waals surface area contributed by atoms with Crippen molar-refractivity contribution in [2.45, 2.75) is 17.9 Å². The van der Waals surface area contributed by atoms with Crippen LogP contribution in [0, 0.1) is 0 Å². The van der Waals surface area contributed by atoms with E-state index in [-0.39, 0.29) is 23.9 Å². The van der Waals surface area contributed by atoms with Gasteiger partial charge >= 0.3 is 0 Å². The van der Waals surface area contributed by atoms with E-state index in [1.165, 1.54) is 16.8 Å². The molecule has 1 saturated heterocycles. The largest absolute Gasteiger partial charge is 0.341 e. The smallest absolute Gasteiger partial charge is 0.260 e. The number of hydrogen-bond acceptors (Lipinski definition) is 4. The summed E-state index contributed by atoms with van der Waals surface area (Å²) in [5.74, 6) is -0.0110. The van der Waals surface area contributed by atoms with E-state index in [4.69, 9.17) is 11.6 Å². The molecule has 0 unspecified atom stereocenters. The van der Waals surface area contributed by atoms with Crippen molar-refractivity contribution in [3.8, 4) is 0 Å². The van der Waals surface area contributed by atoms with Crippen molar-refractivity contribution < 1.29 is 13.2 Å². The number of halogens is 1. The van der Waals surface area contributed by atoms with E-state index < -0.39 is 10.0 Å². The summed E-state index contributed by atoms with van der Waals surface area (Å²) in [6.07, 6.45) is 3.51. The van der Waals surface area contributed by atoms with Gasteiger partial charge in [0.2, 0.25) is 5.91 Å². The number of carbonyl (C=O) groups is 1. The molecule has 1 fully saturated rings. The predicted molar refractivity (Wildman–Crippen MR) is 93.7 cm³/mol. The van der Waals surface area contributed by atoms with Crippen molar-refractivity contribution in [3.63, 3.8) is 0 Å². The number of carbonyl (C=O) groups excluding carboxylic acids is 1. The number of nitrogens with zero attached hydrogens (tertiary/aromatic N) is 3. The number of hydrogen-bond donors (Lipinski definition) is 1. The minimum absolute atomic E-state index is 0.0110. The Morgan fingerprint density at radius 1 is 1.16 bits per heavy atom. The van der Waals surface area contributed by atoms with Gasteiger partial charge in [0.1, 0.15) is 0 Å². The quantitative estimate of drug-likeness (QED) is 0.868. The normalized spacial score (nSPS) is 16.6. The van der Waals surface area contributed by atoms with E-state index >= 15 is 0 Å². The Morgan fingerprint density at radius 3 is 2.60 bits per heavy atom. The van der Waals surface area contributed by atoms with E-state index in [2.05, 4.69) is 9.97 Å². The van der Waals surface area contributed by atoms with Gasteiger partial charge in [0.05, 0.1) is 18.9 Å². The zero-order valence-corrected chi connectivity index (χ0v) is 15.1. The Hall–Kier alpha value is -1.90. The van der Waals surface area contributed by atoms with Crippen LogP contribution in [0.5, 0.6) is 0 Å². The number of H-pyrrole nitrogens is 1. The molecule has 3 rings (SSSR count). The van der Waals surface area contributed by atoms with Gasteiger partial charge in [-0.25, -0.2) is 13.4 Å². The lowest BCUT2D eigenvalue weighted by molar-refractivity contribution is -0.130. The lowest BCUT2D eigenvalue weighted by atomic mass is 10.1. The Balaban J connectivity index is 1.63. The third-order valence-corrected chi connectivity index (χ3v) is 6.24. The Bertz CT molecular complexity index is 822. The maximum Gasteiger partial charge on any atom is 0.260 e. The summed E-state index contributed by atoms with van der Waals surface area (Å²) in [5.41, 5.74) is 0.889. The van der Waals surface area contributed by atoms with Gasteiger partial charge in [-0.2, -0.15) is 4.31 Å². The van der Waals surface area contributed by atoms with Gasteiger partial charge in [0.25, 0.3) is 10.0 Å². The number of aromatic amines is 1. The van der Waals surface area contributed by atoms with Gasteiger partial charge < -0.3 is 9.88 Å². The lowest BCUT2D eigenvalue weighted by Crippen LogP contribution is -2.38. The molecule has 0 spiro atoms. The fourth-order valence-electron chi connectivity index (χ4n) is 2.80. The standard InChI is InChI=1S/C16H19ClN4O3S/c17-14-4-2-13(3-5-14)10-16(22)20-6-1-7-21(9-8-20)25(23,24)15-11-18-12-19-15/h2-5,11-12H,1,6-10H2,(H,18,19). The second-order valence-corrected chi connectivity index (χ2v) is 8.20. The van der Waals surface area contributed by atoms with Crippen molar-refractivity contribution in [3.05, 3.63) is 47.4 Å². The third kappa shape index (κ3) is 4.20. The molecule has 7 nitrogen and oxygen atoms in total. The highest BCUT2D eigenvalue weighted by Crippen LogP contribution is 2.16. The first-order chi connectivity index (χ1) is 12.0. The van der Waals surface area contributed by atoms with Gasteiger partial charge in [-0.15, -0.1) is 0 Å². The van der Waals surface area contributed by atoms with Crippen molar-refractivity contribution in [2.75, 3.05) is 26.2 Å². The lowest BCUT2D eigenvalue weighted by Gasteiger charge is -2.21. The van der Waals surface area contributed by atoms with Crippen LogP contribution in [0.4, 0.5) is 0 Å². The van der Waals surface area contributed by atoms with Crippen LogP contribution in [0.3, 0.4) is 0 Å². The molecule has 9 heteroatoms. The molecule has 0 bridgehead atoms. The topological polar surface area (TPSA) is 86.4 Å². The number of nitrogens with one attached hydrogen (secondary N) is 1. The van der Waals surface area contributed by atoms with Gasteiger partial charge in [-0.1, -0.05) is 23.7 Å². The number of rotatable bonds is 4. The SMILES string of the molecule is O=C(Cc1ccc(Cl)cc1)N1CCCN(S(=O)(=O)c2cnc[nH]2)CC1. The molecule has 0 atom stereocenters. The Morgan fingerprint density at radius 2 is 1.92 bits per heavy atom. The number of amides is 1. The average molecular weight is 383 g/mol. The van der Waals surface area contributed by atoms with Crippen LogP contribution in [-0.4, -0.2) is 59.7 Å². The summed E-state index contributed by atoms with van der Waals surface area (Å²) < 4.78 is 26.5. The van der Waals surface area contributed by atoms with Gasteiger partial charge in [0.15, 0.2) is 5.03 Å². The number of aromatic nitrogens is 2. The Kier molecular flexibility index (Phi) is 5.41. The minimum atomic E-state index is -3.59. The summed E-state index contributed by atoms with van der Waals surface area (Å²) in [6.45, 7) is 1.57. The average Bonchev–Trinajstić information content (AvgIpc) is 3.02. The third-order valence-electron chi connectivity index (χ3n) is 4.17. The molecule has 0 radical (unpaired) electrons. The molecular formula is C16H19ClN4O3S. The first kappa shape index (κ1) is 17.9. The minimum Gasteiger partial charge on any atom is -0.341 e. The zero-order valence-electron chi connectivity index (χ0n) is 13.6. The highest BCUT2D eigenvalue weighted by molar-refractivity contribution is 7.89. The van der Waals surface area contributed by atoms with Crippen LogP contribution < -0.4 is 0 Å². The Labute approximate surface area is 151 Å². The highest BCUT2D eigenvalue weighted by atomic mass is 35.5. The zero-order chi connectivity index (χ0) is 17.9. The van der Waals surface area contributed by atoms with Crippen molar-refractivity contribution in [2.24, 2.45) is 0 Å². The summed E-state index contributed by atoms with van der Waals surface area (Å²) in [6, 6.07) is 7.16. The molecule has 25 heavy (non-hydrogen) atoms. The van der Waals surface area contributed by atoms with Crippen molar-refractivity contribution in [1.82, 2.24) is 19.2 Å². The fraction of sp³-hybridized carbons (Fsp3) is 0.375. The number of imidazole rings is 1. The van der Waals surface area contributed by atoms with Crippen molar-refractivity contribution in [1.29, 1.82) is 0 Å². The van der Waals surface area contributed by atoms with Crippen LogP contribution in [-0.2, 0) is 21.2 Å². The molecule has 2 aromatic rings. The van der Waals surface area contributed by atoms with Gasteiger partial charge in [-0.05, 0) is 24.1 Å². The molecule has 2 heterocycles. The van der Waals surface area contributed by atoms with E-state index in [0.29, 0.717) is 31.1 Å². The first-order valence-corrected chi connectivity index (χ1v) is 9.79. The molecule has 0 saturated carbocycles. The molecule has 1 aromatic carbocycles. The molecule has 1 aliphatic heterocycles. The second-order valence-electron chi connectivity index (χ2n) is 5.86. The van der Waals surface area contributed by atoms with E-state index in [1.807, 2.05) is 12.1 Å². The fourth-order valence-corrected chi connectivity index (χ4v) is 4.29. The summed E-state index contributed by atoms with van der Waals surface area (Å²) in [7, 11) is -3.59. The summed E-state index contributed by atoms with van der Waals surface area (Å²) in [5, 5.41) is 0.707. The summed E-state index contributed by atoms with van der Waals surface area (Å²) in [4.78, 5) is 20.6. The van der Waals surface area contributed by atoms with Crippen LogP contribution in [0.2, 0.25) is 5.02 Å². The number of sulfonamides is 1. The highest BCUT2D eigenvalue weighted by Gasteiger charge is 2.29. The molecule has 1 aromatic heterocycles. The van der Waals surface area contributed by atoms with Gasteiger partial charge in [-0.3, -0.25) is 4.79 Å². The molecule has 0 aliphatic carbocycles. The van der Waals surface area contributed by atoms with Crippen LogP contribution in [0.15, 0.2) is 41.8 Å². The predicted octanol–water partition coefficient (Wildman–Crippen LogP) is 1.53. The van der Waals surface area contributed by atoms with E-state index in [9.17, 15) is 13.2 Å². The number of benzene rings is 1. The monoisotopic (exact) mass is 382 g/mol. The molecule has 1 amide bonds. The molecule has 1 N–H and O–H groups in total. The molecule has 1 aliphatic rings. The maximum absolute atomic E-state index is 12.5. The maximum atomic E-state index is 12.5. The summed E-state index contributed by atoms with van der Waals surface area (Å²) >= 11 is 5.85. The molecular weight excluding hydrogens is 364 g/mol. The van der Waals surface area contributed by atoms with E-state index in [0.717, 1.165) is 5.56 Å². The molecule has 134 valence electrons. The van der Waals surface area contributed by atoms with Crippen molar-refractivity contribution >= 4 is 27.5 Å². The van der Waals surface area contributed by atoms with Crippen LogP contribution >= 0.6 is 11.6 Å². The second kappa shape index (κ2) is 7.55. The first-order valence-electron chi connectivity index (χ1n) is 7.97. The van der Waals surface area contributed by atoms with E-state index in [1.54, 1.807) is 17.0 Å². The van der Waals surface area contributed by atoms with Crippen LogP contribution in [0.1, 0.15) is 12.0 Å².